The second-order valence-electron chi connectivity index (χ2n) is 3.70. The molecule has 4 N–H and O–H groups in total. The van der Waals surface area contributed by atoms with Crippen molar-refractivity contribution in [3.63, 3.8) is 0 Å². The lowest BCUT2D eigenvalue weighted by atomic mass is 10.2. The van der Waals surface area contributed by atoms with E-state index >= 15 is 0 Å². The van der Waals surface area contributed by atoms with Crippen molar-refractivity contribution in [2.45, 2.75) is 25.6 Å². The van der Waals surface area contributed by atoms with Gasteiger partial charge in [0.2, 0.25) is 0 Å². The average Bonchev–Trinajstić information content (AvgIpc) is 2.35. The van der Waals surface area contributed by atoms with Crippen molar-refractivity contribution in [2.24, 2.45) is 11.5 Å². The number of carbonyl (C=O) groups excluding carboxylic acids is 2. The maximum absolute atomic E-state index is 11.1. The number of hydrogen-bond donors (Lipinski definition) is 2. The molecule has 0 fully saturated rings. The number of benzene rings is 1. The van der Waals surface area contributed by atoms with E-state index in [0.717, 1.165) is 5.56 Å². The number of nitrogens with two attached hydrogens (primary N) is 2. The van der Waals surface area contributed by atoms with Gasteiger partial charge in [0.15, 0.2) is 0 Å². The normalized spacial score (nSPS) is 10.2. The number of ether oxygens (including phenoxy) is 2. The van der Waals surface area contributed by atoms with Gasteiger partial charge >= 0.3 is 12.1 Å². The third-order valence-corrected chi connectivity index (χ3v) is 2.08. The topological polar surface area (TPSA) is 105 Å². The Hall–Kier alpha value is -1.92. The van der Waals surface area contributed by atoms with E-state index in [0.29, 0.717) is 0 Å². The summed E-state index contributed by atoms with van der Waals surface area (Å²) in [6.07, 6.45) is -1.38. The standard InChI is InChI=1S/C12H16N2O4/c13-10(14)6-7-11(15)18-12(16)17-8-9-4-2-1-3-5-9/h1-5,10H,6-8,13-14H2. The minimum Gasteiger partial charge on any atom is -0.429 e. The van der Waals surface area contributed by atoms with Crippen LogP contribution in [0.5, 0.6) is 0 Å². The lowest BCUT2D eigenvalue weighted by Gasteiger charge is -2.06. The van der Waals surface area contributed by atoms with E-state index < -0.39 is 18.3 Å². The Morgan fingerprint density at radius 1 is 1.17 bits per heavy atom. The molecule has 1 aromatic rings. The van der Waals surface area contributed by atoms with Gasteiger partial charge in [0.25, 0.3) is 0 Å². The van der Waals surface area contributed by atoms with Crippen LogP contribution in [0.3, 0.4) is 0 Å². The van der Waals surface area contributed by atoms with Gasteiger partial charge < -0.3 is 20.9 Å². The lowest BCUT2D eigenvalue weighted by molar-refractivity contribution is -0.140. The van der Waals surface area contributed by atoms with Crippen molar-refractivity contribution in [3.05, 3.63) is 35.9 Å². The van der Waals surface area contributed by atoms with Crippen LogP contribution >= 0.6 is 0 Å². The summed E-state index contributed by atoms with van der Waals surface area (Å²) in [6, 6.07) is 9.07. The van der Waals surface area contributed by atoms with Crippen molar-refractivity contribution >= 4 is 12.1 Å². The van der Waals surface area contributed by atoms with E-state index in [2.05, 4.69) is 4.74 Å². The number of carbonyl (C=O) groups is 2. The zero-order chi connectivity index (χ0) is 13.4. The molecule has 1 rings (SSSR count). The highest BCUT2D eigenvalue weighted by Crippen LogP contribution is 2.02. The van der Waals surface area contributed by atoms with Gasteiger partial charge in [-0.1, -0.05) is 30.3 Å². The van der Waals surface area contributed by atoms with E-state index in [1.807, 2.05) is 18.2 Å². The SMILES string of the molecule is NC(N)CCC(=O)OC(=O)OCc1ccccc1. The molecule has 0 unspecified atom stereocenters. The van der Waals surface area contributed by atoms with Crippen LogP contribution in [0.25, 0.3) is 0 Å². The molecule has 1 aromatic carbocycles. The molecule has 0 radical (unpaired) electrons. The monoisotopic (exact) mass is 252 g/mol. The molecular weight excluding hydrogens is 236 g/mol. The van der Waals surface area contributed by atoms with Gasteiger partial charge in [-0.15, -0.1) is 0 Å². The zero-order valence-corrected chi connectivity index (χ0v) is 9.87. The summed E-state index contributed by atoms with van der Waals surface area (Å²) in [4.78, 5) is 22.3. The molecule has 0 atom stereocenters. The Labute approximate surface area is 105 Å². The average molecular weight is 252 g/mol. The summed E-state index contributed by atoms with van der Waals surface area (Å²) in [5, 5.41) is 0. The first-order valence-corrected chi connectivity index (χ1v) is 5.50. The van der Waals surface area contributed by atoms with Gasteiger partial charge in [0.05, 0.1) is 6.17 Å². The molecule has 0 aliphatic rings. The molecular formula is C12H16N2O4. The van der Waals surface area contributed by atoms with Gasteiger partial charge in [-0.05, 0) is 12.0 Å². The number of esters is 1. The highest BCUT2D eigenvalue weighted by Gasteiger charge is 2.12. The van der Waals surface area contributed by atoms with E-state index in [-0.39, 0.29) is 19.4 Å². The van der Waals surface area contributed by atoms with Gasteiger partial charge in [0, 0.05) is 6.42 Å². The Balaban J connectivity index is 2.23. The molecule has 0 aromatic heterocycles. The smallest absolute Gasteiger partial charge is 0.429 e. The van der Waals surface area contributed by atoms with Gasteiger partial charge in [-0.2, -0.15) is 0 Å². The molecule has 0 spiro atoms. The van der Waals surface area contributed by atoms with Crippen molar-refractivity contribution in [2.75, 3.05) is 0 Å². The molecule has 18 heavy (non-hydrogen) atoms. The first-order valence-electron chi connectivity index (χ1n) is 5.50. The van der Waals surface area contributed by atoms with Crippen molar-refractivity contribution in [1.29, 1.82) is 0 Å². The quantitative estimate of drug-likeness (QED) is 0.458. The zero-order valence-electron chi connectivity index (χ0n) is 9.87. The fourth-order valence-electron chi connectivity index (χ4n) is 1.17. The summed E-state index contributed by atoms with van der Waals surface area (Å²) in [7, 11) is 0. The molecule has 0 aliphatic heterocycles. The fourth-order valence-corrected chi connectivity index (χ4v) is 1.17. The maximum atomic E-state index is 11.1. The van der Waals surface area contributed by atoms with Gasteiger partial charge in [-0.3, -0.25) is 4.79 Å². The second-order valence-corrected chi connectivity index (χ2v) is 3.70. The van der Waals surface area contributed by atoms with Crippen molar-refractivity contribution in [1.82, 2.24) is 0 Å². The summed E-state index contributed by atoms with van der Waals surface area (Å²) in [5.74, 6) is -0.700. The third-order valence-electron chi connectivity index (χ3n) is 2.08. The largest absolute Gasteiger partial charge is 0.516 e. The molecule has 0 bridgehead atoms. The van der Waals surface area contributed by atoms with E-state index in [9.17, 15) is 9.59 Å². The van der Waals surface area contributed by atoms with Crippen LogP contribution in [0.1, 0.15) is 18.4 Å². The van der Waals surface area contributed by atoms with E-state index in [1.54, 1.807) is 12.1 Å². The molecule has 6 nitrogen and oxygen atoms in total. The molecule has 0 amide bonds. The summed E-state index contributed by atoms with van der Waals surface area (Å²) in [5.41, 5.74) is 11.3. The number of hydrogen-bond acceptors (Lipinski definition) is 6. The van der Waals surface area contributed by atoms with Crippen LogP contribution < -0.4 is 11.5 Å². The van der Waals surface area contributed by atoms with E-state index in [1.165, 1.54) is 0 Å². The third kappa shape index (κ3) is 5.97. The van der Waals surface area contributed by atoms with Crippen molar-refractivity contribution in [3.8, 4) is 0 Å². The minimum absolute atomic E-state index is 0.0158. The number of rotatable bonds is 5. The molecule has 6 heteroatoms. The lowest BCUT2D eigenvalue weighted by Crippen LogP contribution is -2.31. The van der Waals surface area contributed by atoms with Crippen LogP contribution in [0.4, 0.5) is 4.79 Å². The maximum Gasteiger partial charge on any atom is 0.516 e. The summed E-state index contributed by atoms with van der Waals surface area (Å²) >= 11 is 0. The Morgan fingerprint density at radius 3 is 2.44 bits per heavy atom. The predicted octanol–water partition coefficient (Wildman–Crippen LogP) is 0.890. The highest BCUT2D eigenvalue weighted by atomic mass is 16.7. The molecule has 98 valence electrons. The minimum atomic E-state index is -1.02. The second kappa shape index (κ2) is 7.41. The summed E-state index contributed by atoms with van der Waals surface area (Å²) < 4.78 is 9.17. The van der Waals surface area contributed by atoms with Crippen LogP contribution in [0, 0.1) is 0 Å². The highest BCUT2D eigenvalue weighted by molar-refractivity contribution is 5.81. The Kier molecular flexibility index (Phi) is 5.83. The van der Waals surface area contributed by atoms with Crippen LogP contribution in [-0.4, -0.2) is 18.3 Å². The van der Waals surface area contributed by atoms with Gasteiger partial charge in [-0.25, -0.2) is 4.79 Å². The molecule has 0 saturated heterocycles. The molecule has 0 aliphatic carbocycles. The Bertz CT molecular complexity index is 392. The predicted molar refractivity (Wildman–Crippen MR) is 64.1 cm³/mol. The first-order chi connectivity index (χ1) is 8.58. The molecule has 0 saturated carbocycles. The Morgan fingerprint density at radius 2 is 1.83 bits per heavy atom. The molecule has 0 heterocycles. The van der Waals surface area contributed by atoms with Crippen LogP contribution in [0.2, 0.25) is 0 Å². The fraction of sp³-hybridized carbons (Fsp3) is 0.333. The van der Waals surface area contributed by atoms with Crippen molar-refractivity contribution < 1.29 is 19.1 Å². The van der Waals surface area contributed by atoms with E-state index in [4.69, 9.17) is 16.2 Å². The summed E-state index contributed by atoms with van der Waals surface area (Å²) in [6.45, 7) is 0.0589. The first kappa shape index (κ1) is 14.1. The van der Waals surface area contributed by atoms with Crippen LogP contribution in [-0.2, 0) is 20.9 Å². The van der Waals surface area contributed by atoms with Gasteiger partial charge in [0.1, 0.15) is 6.61 Å². The van der Waals surface area contributed by atoms with Crippen LogP contribution in [0.15, 0.2) is 30.3 Å².